The minimum atomic E-state index is -4.18. The molecule has 0 amide bonds. The van der Waals surface area contributed by atoms with Gasteiger partial charge in [0.25, 0.3) is 9.05 Å². The number of terminal acetylenes is 1. The summed E-state index contributed by atoms with van der Waals surface area (Å²) in [4.78, 5) is -0.657. The van der Waals surface area contributed by atoms with E-state index in [1.807, 2.05) is 0 Å². The highest BCUT2D eigenvalue weighted by molar-refractivity contribution is 8.13. The molecule has 0 heterocycles. The predicted octanol–water partition coefficient (Wildman–Crippen LogP) is 2.68. The predicted molar refractivity (Wildman–Crippen MR) is 63.0 cm³/mol. The summed E-state index contributed by atoms with van der Waals surface area (Å²) >= 11 is 0. The minimum Gasteiger partial charge on any atom is -0.488 e. The lowest BCUT2D eigenvalue weighted by atomic mass is 10.3. The first-order chi connectivity index (χ1) is 8.36. The second kappa shape index (κ2) is 6.03. The Morgan fingerprint density at radius 2 is 1.89 bits per heavy atom. The first-order valence-corrected chi connectivity index (χ1v) is 7.17. The molecule has 98 valence electrons. The largest absolute Gasteiger partial charge is 0.488 e. The summed E-state index contributed by atoms with van der Waals surface area (Å²) in [5, 5.41) is 0. The standard InChI is InChI=1S/C11H9ClF2O3S/c1-2-3-4-5-17-11-9(13)6-8(7-10(11)14)18(12,15)16/h1,6-7H,3-5H2. The van der Waals surface area contributed by atoms with Crippen molar-refractivity contribution in [3.63, 3.8) is 0 Å². The number of hydrogen-bond acceptors (Lipinski definition) is 3. The van der Waals surface area contributed by atoms with Gasteiger partial charge in [-0.05, 0) is 18.6 Å². The summed E-state index contributed by atoms with van der Waals surface area (Å²) in [6.45, 7) is 0.0327. The molecule has 0 aromatic heterocycles. The number of unbranched alkanes of at least 4 members (excludes halogenated alkanes) is 1. The van der Waals surface area contributed by atoms with Gasteiger partial charge in [0.15, 0.2) is 17.4 Å². The molecule has 0 N–H and O–H groups in total. The summed E-state index contributed by atoms with van der Waals surface area (Å²) < 4.78 is 53.5. The zero-order valence-electron chi connectivity index (χ0n) is 9.12. The van der Waals surface area contributed by atoms with Gasteiger partial charge in [-0.15, -0.1) is 12.3 Å². The molecule has 0 unspecified atom stereocenters. The molecule has 1 rings (SSSR count). The van der Waals surface area contributed by atoms with Gasteiger partial charge in [0, 0.05) is 17.1 Å². The van der Waals surface area contributed by atoms with E-state index in [1.165, 1.54) is 0 Å². The molecule has 18 heavy (non-hydrogen) atoms. The van der Waals surface area contributed by atoms with E-state index in [0.29, 0.717) is 25.0 Å². The van der Waals surface area contributed by atoms with Crippen LogP contribution in [0.15, 0.2) is 17.0 Å². The molecule has 0 saturated heterocycles. The van der Waals surface area contributed by atoms with Crippen molar-refractivity contribution in [1.82, 2.24) is 0 Å². The maximum atomic E-state index is 13.4. The molecule has 0 atom stereocenters. The van der Waals surface area contributed by atoms with Crippen molar-refractivity contribution < 1.29 is 21.9 Å². The van der Waals surface area contributed by atoms with Gasteiger partial charge in [0.05, 0.1) is 11.5 Å². The summed E-state index contributed by atoms with van der Waals surface area (Å²) in [5.41, 5.74) is 0. The highest BCUT2D eigenvalue weighted by Gasteiger charge is 2.18. The van der Waals surface area contributed by atoms with Gasteiger partial charge in [-0.2, -0.15) is 0 Å². The van der Waals surface area contributed by atoms with Crippen LogP contribution in [-0.2, 0) is 9.05 Å². The van der Waals surface area contributed by atoms with Crippen LogP contribution in [0.1, 0.15) is 12.8 Å². The molecular weight excluding hydrogens is 286 g/mol. The van der Waals surface area contributed by atoms with E-state index in [1.54, 1.807) is 0 Å². The highest BCUT2D eigenvalue weighted by Crippen LogP contribution is 2.27. The third kappa shape index (κ3) is 3.86. The SMILES string of the molecule is C#CCCCOc1c(F)cc(S(=O)(=O)Cl)cc1F. The molecule has 0 aliphatic carbocycles. The lowest BCUT2D eigenvalue weighted by Crippen LogP contribution is -2.03. The van der Waals surface area contributed by atoms with Crippen LogP contribution in [0.25, 0.3) is 0 Å². The van der Waals surface area contributed by atoms with Crippen molar-refractivity contribution in [3.05, 3.63) is 23.8 Å². The van der Waals surface area contributed by atoms with Crippen LogP contribution < -0.4 is 4.74 Å². The van der Waals surface area contributed by atoms with Crippen molar-refractivity contribution in [2.24, 2.45) is 0 Å². The average molecular weight is 295 g/mol. The van der Waals surface area contributed by atoms with Gasteiger partial charge in [0.1, 0.15) is 0 Å². The van der Waals surface area contributed by atoms with Crippen LogP contribution in [0.4, 0.5) is 8.78 Å². The molecule has 1 aromatic carbocycles. The number of rotatable bonds is 5. The Morgan fingerprint density at radius 3 is 2.33 bits per heavy atom. The van der Waals surface area contributed by atoms with Crippen molar-refractivity contribution in [2.75, 3.05) is 6.61 Å². The Hall–Kier alpha value is -1.32. The first kappa shape index (κ1) is 14.7. The Kier molecular flexibility index (Phi) is 4.93. The van der Waals surface area contributed by atoms with Crippen LogP contribution in [-0.4, -0.2) is 15.0 Å². The zero-order chi connectivity index (χ0) is 13.8. The molecule has 7 heteroatoms. The Balaban J connectivity index is 2.93. The fourth-order valence-corrected chi connectivity index (χ4v) is 1.92. The second-order valence-electron chi connectivity index (χ2n) is 3.31. The third-order valence-electron chi connectivity index (χ3n) is 1.97. The number of benzene rings is 1. The quantitative estimate of drug-likeness (QED) is 0.476. The molecule has 1 aromatic rings. The van der Waals surface area contributed by atoms with E-state index >= 15 is 0 Å². The van der Waals surface area contributed by atoms with Gasteiger partial charge in [0.2, 0.25) is 0 Å². The summed E-state index contributed by atoms with van der Waals surface area (Å²) in [7, 11) is 0.793. The van der Waals surface area contributed by atoms with Crippen LogP contribution >= 0.6 is 10.7 Å². The molecule has 0 spiro atoms. The Bertz CT molecular complexity index is 555. The van der Waals surface area contributed by atoms with E-state index in [9.17, 15) is 17.2 Å². The molecule has 0 saturated carbocycles. The van der Waals surface area contributed by atoms with Crippen molar-refractivity contribution in [2.45, 2.75) is 17.7 Å². The molecule has 0 aliphatic rings. The highest BCUT2D eigenvalue weighted by atomic mass is 35.7. The fraction of sp³-hybridized carbons (Fsp3) is 0.273. The normalized spacial score (nSPS) is 11.0. The van der Waals surface area contributed by atoms with Gasteiger partial charge in [-0.1, -0.05) is 0 Å². The van der Waals surface area contributed by atoms with Crippen LogP contribution in [0.2, 0.25) is 0 Å². The van der Waals surface area contributed by atoms with Gasteiger partial charge in [-0.25, -0.2) is 17.2 Å². The van der Waals surface area contributed by atoms with Crippen LogP contribution in [0.3, 0.4) is 0 Å². The maximum absolute atomic E-state index is 13.4. The van der Waals surface area contributed by atoms with E-state index in [4.69, 9.17) is 21.8 Å². The van der Waals surface area contributed by atoms with Crippen molar-refractivity contribution in [1.29, 1.82) is 0 Å². The molecular formula is C11H9ClF2O3S. The van der Waals surface area contributed by atoms with E-state index in [0.717, 1.165) is 0 Å². The topological polar surface area (TPSA) is 43.4 Å². The fourth-order valence-electron chi connectivity index (χ4n) is 1.16. The van der Waals surface area contributed by atoms with Crippen molar-refractivity contribution >= 4 is 19.7 Å². The lowest BCUT2D eigenvalue weighted by molar-refractivity contribution is 0.280. The number of hydrogen-bond donors (Lipinski definition) is 0. The van der Waals surface area contributed by atoms with Crippen molar-refractivity contribution in [3.8, 4) is 18.1 Å². The Labute approximate surface area is 108 Å². The minimum absolute atomic E-state index is 0.0327. The first-order valence-electron chi connectivity index (χ1n) is 4.86. The number of halogens is 3. The molecule has 3 nitrogen and oxygen atoms in total. The molecule has 0 fully saturated rings. The summed E-state index contributed by atoms with van der Waals surface area (Å²) in [5.74, 6) is -0.554. The van der Waals surface area contributed by atoms with Gasteiger partial charge in [-0.3, -0.25) is 0 Å². The summed E-state index contributed by atoms with van der Waals surface area (Å²) in [6.07, 6.45) is 5.85. The van der Waals surface area contributed by atoms with E-state index in [2.05, 4.69) is 5.92 Å². The average Bonchev–Trinajstić information content (AvgIpc) is 2.25. The van der Waals surface area contributed by atoms with E-state index in [-0.39, 0.29) is 6.61 Å². The Morgan fingerprint density at radius 1 is 1.33 bits per heavy atom. The lowest BCUT2D eigenvalue weighted by Gasteiger charge is -2.08. The molecule has 0 bridgehead atoms. The van der Waals surface area contributed by atoms with E-state index < -0.39 is 31.3 Å². The monoisotopic (exact) mass is 294 g/mol. The van der Waals surface area contributed by atoms with Crippen LogP contribution in [0, 0.1) is 24.0 Å². The second-order valence-corrected chi connectivity index (χ2v) is 5.88. The number of ether oxygens (including phenoxy) is 1. The molecule has 0 radical (unpaired) electrons. The third-order valence-corrected chi connectivity index (χ3v) is 3.30. The van der Waals surface area contributed by atoms with Gasteiger partial charge < -0.3 is 4.74 Å². The summed E-state index contributed by atoms with van der Waals surface area (Å²) in [6, 6.07) is 1.20. The van der Waals surface area contributed by atoms with Gasteiger partial charge >= 0.3 is 0 Å². The van der Waals surface area contributed by atoms with Crippen LogP contribution in [0.5, 0.6) is 5.75 Å². The smallest absolute Gasteiger partial charge is 0.261 e. The maximum Gasteiger partial charge on any atom is 0.261 e. The zero-order valence-corrected chi connectivity index (χ0v) is 10.7. The molecule has 0 aliphatic heterocycles.